The summed E-state index contributed by atoms with van der Waals surface area (Å²) in [5.41, 5.74) is 0. The van der Waals surface area contributed by atoms with E-state index in [-0.39, 0.29) is 11.9 Å². The number of nitrogens with one attached hydrogen (secondary N) is 1. The second kappa shape index (κ2) is 6.84. The first-order valence-corrected chi connectivity index (χ1v) is 9.48. The van der Waals surface area contributed by atoms with E-state index in [0.29, 0.717) is 17.3 Å². The van der Waals surface area contributed by atoms with Crippen LogP contribution < -0.4 is 5.32 Å². The van der Waals surface area contributed by atoms with E-state index >= 15 is 0 Å². The van der Waals surface area contributed by atoms with Crippen LogP contribution in [0, 0.1) is 0 Å². The molecule has 3 saturated heterocycles. The number of thiazole rings is 1. The molecule has 3 fully saturated rings. The van der Waals surface area contributed by atoms with Crippen LogP contribution in [0.4, 0.5) is 5.13 Å². The van der Waals surface area contributed by atoms with Crippen molar-refractivity contribution in [3.8, 4) is 0 Å². The molecule has 0 saturated carbocycles. The minimum atomic E-state index is -0.00309. The highest BCUT2D eigenvalue weighted by Crippen LogP contribution is 2.26. The standard InChI is InChI=1S/C16H24N4O2S/c21-15(18-16-17-5-9-23-16)14-2-1-6-20(14)8-7-19-10-12-3-4-13(11-19)22-12/h5,9,12-14H,1-4,6-8,10-11H2,(H,17,18,21). The van der Waals surface area contributed by atoms with Crippen LogP contribution in [-0.4, -0.2) is 71.7 Å². The highest BCUT2D eigenvalue weighted by Gasteiger charge is 2.35. The zero-order chi connectivity index (χ0) is 15.6. The number of anilines is 1. The normalized spacial score (nSPS) is 31.6. The Kier molecular flexibility index (Phi) is 4.61. The average molecular weight is 336 g/mol. The number of morpholine rings is 1. The summed E-state index contributed by atoms with van der Waals surface area (Å²) in [6, 6.07) is -0.00309. The number of hydrogen-bond donors (Lipinski definition) is 1. The number of aromatic nitrogens is 1. The Hall–Kier alpha value is -1.02. The second-order valence-corrected chi connectivity index (χ2v) is 7.63. The molecule has 126 valence electrons. The van der Waals surface area contributed by atoms with Crippen LogP contribution in [0.3, 0.4) is 0 Å². The van der Waals surface area contributed by atoms with Crippen LogP contribution in [0.1, 0.15) is 25.7 Å². The highest BCUT2D eigenvalue weighted by molar-refractivity contribution is 7.13. The smallest absolute Gasteiger partial charge is 0.243 e. The van der Waals surface area contributed by atoms with E-state index < -0.39 is 0 Å². The van der Waals surface area contributed by atoms with Crippen molar-refractivity contribution in [2.45, 2.75) is 43.9 Å². The molecule has 0 radical (unpaired) electrons. The molecule has 4 heterocycles. The van der Waals surface area contributed by atoms with Crippen molar-refractivity contribution < 1.29 is 9.53 Å². The molecule has 3 aliphatic rings. The maximum absolute atomic E-state index is 12.5. The van der Waals surface area contributed by atoms with Gasteiger partial charge in [-0.15, -0.1) is 11.3 Å². The largest absolute Gasteiger partial charge is 0.372 e. The van der Waals surface area contributed by atoms with Gasteiger partial charge in [-0.05, 0) is 32.2 Å². The quantitative estimate of drug-likeness (QED) is 0.881. The summed E-state index contributed by atoms with van der Waals surface area (Å²) in [5, 5.41) is 5.53. The van der Waals surface area contributed by atoms with Gasteiger partial charge in [-0.25, -0.2) is 4.98 Å². The zero-order valence-corrected chi connectivity index (χ0v) is 14.1. The molecule has 2 bridgehead atoms. The lowest BCUT2D eigenvalue weighted by molar-refractivity contribution is -0.120. The summed E-state index contributed by atoms with van der Waals surface area (Å²) in [6.07, 6.45) is 7.08. The molecule has 7 heteroatoms. The lowest BCUT2D eigenvalue weighted by Crippen LogP contribution is -2.48. The van der Waals surface area contributed by atoms with E-state index in [2.05, 4.69) is 20.1 Å². The summed E-state index contributed by atoms with van der Waals surface area (Å²) in [4.78, 5) is 21.5. The monoisotopic (exact) mass is 336 g/mol. The van der Waals surface area contributed by atoms with E-state index in [1.165, 1.54) is 24.2 Å². The van der Waals surface area contributed by atoms with Crippen LogP contribution in [0.15, 0.2) is 11.6 Å². The third-order valence-corrected chi connectivity index (χ3v) is 5.84. The van der Waals surface area contributed by atoms with Gasteiger partial charge in [0.2, 0.25) is 5.91 Å². The Balaban J connectivity index is 1.28. The molecule has 6 nitrogen and oxygen atoms in total. The van der Waals surface area contributed by atoms with Crippen LogP contribution in [0.2, 0.25) is 0 Å². The van der Waals surface area contributed by atoms with E-state index in [4.69, 9.17) is 4.74 Å². The lowest BCUT2D eigenvalue weighted by Gasteiger charge is -2.34. The molecule has 23 heavy (non-hydrogen) atoms. The molecular formula is C16H24N4O2S. The number of rotatable bonds is 5. The van der Waals surface area contributed by atoms with Crippen LogP contribution in [0.25, 0.3) is 0 Å². The summed E-state index contributed by atoms with van der Waals surface area (Å²) in [6.45, 7) is 5.14. The summed E-state index contributed by atoms with van der Waals surface area (Å²) >= 11 is 1.47. The zero-order valence-electron chi connectivity index (χ0n) is 13.3. The van der Waals surface area contributed by atoms with Crippen molar-refractivity contribution in [2.24, 2.45) is 0 Å². The first kappa shape index (κ1) is 15.5. The molecule has 0 spiro atoms. The number of carbonyl (C=O) groups is 1. The molecule has 3 unspecified atom stereocenters. The number of nitrogens with zero attached hydrogens (tertiary/aromatic N) is 3. The minimum absolute atomic E-state index is 0.00309. The molecule has 0 aromatic carbocycles. The van der Waals surface area contributed by atoms with Gasteiger partial charge in [0, 0.05) is 37.8 Å². The molecule has 3 atom stereocenters. The van der Waals surface area contributed by atoms with Crippen molar-refractivity contribution in [2.75, 3.05) is 38.0 Å². The Morgan fingerprint density at radius 1 is 1.30 bits per heavy atom. The van der Waals surface area contributed by atoms with Crippen LogP contribution in [0.5, 0.6) is 0 Å². The van der Waals surface area contributed by atoms with E-state index in [1.54, 1.807) is 6.20 Å². The fourth-order valence-corrected chi connectivity index (χ4v) is 4.55. The third-order valence-electron chi connectivity index (χ3n) is 5.15. The van der Waals surface area contributed by atoms with Gasteiger partial charge in [0.05, 0.1) is 18.2 Å². The number of amides is 1. The average Bonchev–Trinajstić information content (AvgIpc) is 3.27. The number of fused-ring (bicyclic) bond motifs is 2. The predicted molar refractivity (Wildman–Crippen MR) is 89.7 cm³/mol. The van der Waals surface area contributed by atoms with Crippen molar-refractivity contribution in [3.63, 3.8) is 0 Å². The molecule has 1 N–H and O–H groups in total. The Morgan fingerprint density at radius 2 is 2.13 bits per heavy atom. The molecule has 1 amide bonds. The molecule has 0 aliphatic carbocycles. The maximum atomic E-state index is 12.5. The Bertz CT molecular complexity index is 526. The third kappa shape index (κ3) is 3.57. The topological polar surface area (TPSA) is 57.7 Å². The van der Waals surface area contributed by atoms with E-state index in [9.17, 15) is 4.79 Å². The molecule has 1 aromatic heterocycles. The molecule has 4 rings (SSSR count). The van der Waals surface area contributed by atoms with Crippen molar-refractivity contribution in [1.82, 2.24) is 14.8 Å². The first-order valence-electron chi connectivity index (χ1n) is 8.60. The summed E-state index contributed by atoms with van der Waals surface area (Å²) in [5.74, 6) is 0.0968. The van der Waals surface area contributed by atoms with E-state index in [1.807, 2.05) is 5.38 Å². The van der Waals surface area contributed by atoms with Gasteiger partial charge in [-0.2, -0.15) is 0 Å². The molecule has 3 aliphatic heterocycles. The van der Waals surface area contributed by atoms with Gasteiger partial charge in [-0.1, -0.05) is 0 Å². The maximum Gasteiger partial charge on any atom is 0.243 e. The number of carbonyl (C=O) groups excluding carboxylic acids is 1. The summed E-state index contributed by atoms with van der Waals surface area (Å²) in [7, 11) is 0. The van der Waals surface area contributed by atoms with Crippen molar-refractivity contribution in [1.29, 1.82) is 0 Å². The van der Waals surface area contributed by atoms with Crippen LogP contribution in [-0.2, 0) is 9.53 Å². The second-order valence-electron chi connectivity index (χ2n) is 6.74. The number of ether oxygens (including phenoxy) is 1. The van der Waals surface area contributed by atoms with Gasteiger partial charge in [0.25, 0.3) is 0 Å². The van der Waals surface area contributed by atoms with Gasteiger partial charge < -0.3 is 10.1 Å². The van der Waals surface area contributed by atoms with Gasteiger partial charge in [0.1, 0.15) is 0 Å². The minimum Gasteiger partial charge on any atom is -0.372 e. The highest BCUT2D eigenvalue weighted by atomic mass is 32.1. The number of hydrogen-bond acceptors (Lipinski definition) is 6. The summed E-state index contributed by atoms with van der Waals surface area (Å²) < 4.78 is 5.89. The van der Waals surface area contributed by atoms with Gasteiger partial charge in [-0.3, -0.25) is 14.6 Å². The lowest BCUT2D eigenvalue weighted by atomic mass is 10.2. The van der Waals surface area contributed by atoms with E-state index in [0.717, 1.165) is 45.6 Å². The van der Waals surface area contributed by atoms with Crippen molar-refractivity contribution >= 4 is 22.4 Å². The number of likely N-dealkylation sites (tertiary alicyclic amines) is 2. The van der Waals surface area contributed by atoms with Gasteiger partial charge in [0.15, 0.2) is 5.13 Å². The first-order chi connectivity index (χ1) is 11.3. The van der Waals surface area contributed by atoms with Crippen molar-refractivity contribution in [3.05, 3.63) is 11.6 Å². The molecule has 1 aromatic rings. The predicted octanol–water partition coefficient (Wildman–Crippen LogP) is 1.41. The fraction of sp³-hybridized carbons (Fsp3) is 0.750. The Labute approximate surface area is 140 Å². The van der Waals surface area contributed by atoms with Gasteiger partial charge >= 0.3 is 0 Å². The Morgan fingerprint density at radius 3 is 2.87 bits per heavy atom. The molecular weight excluding hydrogens is 312 g/mol. The fourth-order valence-electron chi connectivity index (χ4n) is 4.02. The SMILES string of the molecule is O=C(Nc1nccs1)C1CCCN1CCN1CC2CCC(C1)O2. The van der Waals surface area contributed by atoms with Crippen LogP contribution >= 0.6 is 11.3 Å².